The van der Waals surface area contributed by atoms with Crippen molar-refractivity contribution in [1.29, 1.82) is 0 Å². The molecule has 94 valence electrons. The Labute approximate surface area is 101 Å². The number of benzene rings is 1. The van der Waals surface area contributed by atoms with E-state index in [9.17, 15) is 17.6 Å². The minimum absolute atomic E-state index is 0.00802. The van der Waals surface area contributed by atoms with Crippen LogP contribution in [-0.2, 0) is 14.6 Å². The molecule has 1 aromatic carbocycles. The van der Waals surface area contributed by atoms with E-state index in [4.69, 9.17) is 0 Å². The number of sulfone groups is 1. The van der Waals surface area contributed by atoms with Gasteiger partial charge in [0.25, 0.3) is 0 Å². The van der Waals surface area contributed by atoms with Crippen LogP contribution < -0.4 is 0 Å². The van der Waals surface area contributed by atoms with Gasteiger partial charge in [-0.2, -0.15) is 0 Å². The summed E-state index contributed by atoms with van der Waals surface area (Å²) in [4.78, 5) is 10.8. The third kappa shape index (κ3) is 4.65. The van der Waals surface area contributed by atoms with Crippen LogP contribution in [0.4, 0.5) is 4.39 Å². The van der Waals surface area contributed by atoms with Crippen molar-refractivity contribution in [3.8, 4) is 0 Å². The Balaban J connectivity index is 2.57. The van der Waals surface area contributed by atoms with Gasteiger partial charge in [0.05, 0.1) is 10.6 Å². The van der Waals surface area contributed by atoms with Crippen LogP contribution in [0.1, 0.15) is 26.2 Å². The molecule has 5 heteroatoms. The van der Waals surface area contributed by atoms with Crippen molar-refractivity contribution in [1.82, 2.24) is 0 Å². The molecule has 0 heterocycles. The minimum atomic E-state index is -3.35. The molecule has 0 aliphatic heterocycles. The quantitative estimate of drug-likeness (QED) is 0.581. The third-order valence-electron chi connectivity index (χ3n) is 2.36. The smallest absolute Gasteiger partial charge is 0.178 e. The SMILES string of the molecule is CC(=O)CCCCS(=O)(=O)c1ccc(F)cc1. The summed E-state index contributed by atoms with van der Waals surface area (Å²) in [5.74, 6) is -0.406. The van der Waals surface area contributed by atoms with Crippen molar-refractivity contribution < 1.29 is 17.6 Å². The predicted molar refractivity (Wildman–Crippen MR) is 63.0 cm³/mol. The Morgan fingerprint density at radius 3 is 2.29 bits per heavy atom. The van der Waals surface area contributed by atoms with Crippen LogP contribution in [0.2, 0.25) is 0 Å². The number of carbonyl (C=O) groups is 1. The number of halogens is 1. The highest BCUT2D eigenvalue weighted by Gasteiger charge is 2.13. The fraction of sp³-hybridized carbons (Fsp3) is 0.417. The van der Waals surface area contributed by atoms with Crippen molar-refractivity contribution in [2.75, 3.05) is 5.75 Å². The van der Waals surface area contributed by atoms with Crippen molar-refractivity contribution in [2.24, 2.45) is 0 Å². The molecule has 1 aromatic rings. The molecule has 0 aliphatic rings. The van der Waals surface area contributed by atoms with E-state index in [0.29, 0.717) is 19.3 Å². The number of carbonyl (C=O) groups excluding carboxylic acids is 1. The minimum Gasteiger partial charge on any atom is -0.300 e. The fourth-order valence-electron chi connectivity index (χ4n) is 1.43. The van der Waals surface area contributed by atoms with Gasteiger partial charge in [0.15, 0.2) is 9.84 Å². The van der Waals surface area contributed by atoms with Crippen LogP contribution in [0.15, 0.2) is 29.2 Å². The molecule has 0 aromatic heterocycles. The van der Waals surface area contributed by atoms with Gasteiger partial charge in [0.1, 0.15) is 11.6 Å². The lowest BCUT2D eigenvalue weighted by molar-refractivity contribution is -0.117. The summed E-state index contributed by atoms with van der Waals surface area (Å²) in [5, 5.41) is 0. The molecule has 1 rings (SSSR count). The molecule has 0 unspecified atom stereocenters. The Bertz CT molecular complexity index is 477. The van der Waals surface area contributed by atoms with Crippen molar-refractivity contribution in [3.63, 3.8) is 0 Å². The van der Waals surface area contributed by atoms with Crippen LogP contribution in [-0.4, -0.2) is 20.0 Å². The van der Waals surface area contributed by atoms with Gasteiger partial charge in [0.2, 0.25) is 0 Å². The Morgan fingerprint density at radius 1 is 1.18 bits per heavy atom. The van der Waals surface area contributed by atoms with Gasteiger partial charge in [-0.1, -0.05) is 0 Å². The van der Waals surface area contributed by atoms with Crippen molar-refractivity contribution >= 4 is 15.6 Å². The first-order valence-corrected chi connectivity index (χ1v) is 7.05. The van der Waals surface area contributed by atoms with Crippen LogP contribution in [0.3, 0.4) is 0 Å². The summed E-state index contributed by atoms with van der Waals surface area (Å²) >= 11 is 0. The van der Waals surface area contributed by atoms with Crippen molar-refractivity contribution in [3.05, 3.63) is 30.1 Å². The predicted octanol–water partition coefficient (Wildman–Crippen LogP) is 2.36. The number of hydrogen-bond donors (Lipinski definition) is 0. The summed E-state index contributed by atoms with van der Waals surface area (Å²) in [5.41, 5.74) is 0. The van der Waals surface area contributed by atoms with E-state index in [-0.39, 0.29) is 16.4 Å². The van der Waals surface area contributed by atoms with E-state index in [1.807, 2.05) is 0 Å². The lowest BCUT2D eigenvalue weighted by atomic mass is 10.2. The third-order valence-corrected chi connectivity index (χ3v) is 4.18. The zero-order valence-corrected chi connectivity index (χ0v) is 10.5. The van der Waals surface area contributed by atoms with E-state index in [1.54, 1.807) is 0 Å². The zero-order valence-electron chi connectivity index (χ0n) is 9.65. The second kappa shape index (κ2) is 5.91. The molecule has 3 nitrogen and oxygen atoms in total. The molecule has 0 saturated heterocycles. The molecule has 0 fully saturated rings. The van der Waals surface area contributed by atoms with Crippen LogP contribution >= 0.6 is 0 Å². The molecule has 0 amide bonds. The maximum absolute atomic E-state index is 12.6. The second-order valence-electron chi connectivity index (χ2n) is 3.93. The average Bonchev–Trinajstić information content (AvgIpc) is 2.25. The van der Waals surface area contributed by atoms with Crippen LogP contribution in [0, 0.1) is 5.82 Å². The molecule has 0 atom stereocenters. The van der Waals surface area contributed by atoms with Gasteiger partial charge in [-0.3, -0.25) is 0 Å². The van der Waals surface area contributed by atoms with Gasteiger partial charge in [-0.25, -0.2) is 12.8 Å². The fourth-order valence-corrected chi connectivity index (χ4v) is 2.80. The highest BCUT2D eigenvalue weighted by molar-refractivity contribution is 7.91. The number of Topliss-reactive ketones (excluding diaryl/α,β-unsaturated/α-hetero) is 1. The molecular formula is C12H15FO3S. The number of rotatable bonds is 6. The topological polar surface area (TPSA) is 51.2 Å². The van der Waals surface area contributed by atoms with E-state index in [2.05, 4.69) is 0 Å². The molecule has 0 saturated carbocycles. The van der Waals surface area contributed by atoms with Crippen molar-refractivity contribution in [2.45, 2.75) is 31.1 Å². The molecule has 0 aliphatic carbocycles. The monoisotopic (exact) mass is 258 g/mol. The lowest BCUT2D eigenvalue weighted by Crippen LogP contribution is -2.07. The van der Waals surface area contributed by atoms with E-state index >= 15 is 0 Å². The van der Waals surface area contributed by atoms with Crippen LogP contribution in [0.25, 0.3) is 0 Å². The van der Waals surface area contributed by atoms with Gasteiger partial charge in [-0.15, -0.1) is 0 Å². The van der Waals surface area contributed by atoms with E-state index in [1.165, 1.54) is 19.1 Å². The molecule has 0 radical (unpaired) electrons. The molecule has 0 bridgehead atoms. The van der Waals surface area contributed by atoms with Gasteiger partial charge >= 0.3 is 0 Å². The second-order valence-corrected chi connectivity index (χ2v) is 6.04. The molecule has 0 N–H and O–H groups in total. The van der Waals surface area contributed by atoms with E-state index < -0.39 is 15.7 Å². The first-order valence-electron chi connectivity index (χ1n) is 5.39. The molecule has 17 heavy (non-hydrogen) atoms. The number of unbranched alkanes of at least 4 members (excludes halogenated alkanes) is 1. The highest BCUT2D eigenvalue weighted by Crippen LogP contribution is 2.13. The molecule has 0 spiro atoms. The van der Waals surface area contributed by atoms with Crippen LogP contribution in [0.5, 0.6) is 0 Å². The maximum Gasteiger partial charge on any atom is 0.178 e. The standard InChI is InChI=1S/C12H15FO3S/c1-10(14)4-2-3-9-17(15,16)12-7-5-11(13)6-8-12/h5-8H,2-4,9H2,1H3. The van der Waals surface area contributed by atoms with E-state index in [0.717, 1.165) is 12.1 Å². The van der Waals surface area contributed by atoms with Gasteiger partial charge < -0.3 is 4.79 Å². The first kappa shape index (κ1) is 13.8. The largest absolute Gasteiger partial charge is 0.300 e. The van der Waals surface area contributed by atoms with Gasteiger partial charge in [-0.05, 0) is 44.0 Å². The van der Waals surface area contributed by atoms with Gasteiger partial charge in [0, 0.05) is 6.42 Å². The highest BCUT2D eigenvalue weighted by atomic mass is 32.2. The maximum atomic E-state index is 12.6. The first-order chi connectivity index (χ1) is 7.92. The summed E-state index contributed by atoms with van der Waals surface area (Å²) in [6.07, 6.45) is 1.41. The summed E-state index contributed by atoms with van der Waals surface area (Å²) in [6.45, 7) is 1.48. The normalized spacial score (nSPS) is 11.4. The molecular weight excluding hydrogens is 243 g/mol. The Hall–Kier alpha value is -1.23. The number of ketones is 1. The Kier molecular flexibility index (Phi) is 4.81. The lowest BCUT2D eigenvalue weighted by Gasteiger charge is -2.03. The number of hydrogen-bond acceptors (Lipinski definition) is 3. The summed E-state index contributed by atoms with van der Waals surface area (Å²) in [7, 11) is -3.35. The summed E-state index contributed by atoms with van der Waals surface area (Å²) < 4.78 is 36.2. The average molecular weight is 258 g/mol. The zero-order chi connectivity index (χ0) is 12.9. The Morgan fingerprint density at radius 2 is 1.76 bits per heavy atom. The summed E-state index contributed by atoms with van der Waals surface area (Å²) in [6, 6.07) is 4.77.